The summed E-state index contributed by atoms with van der Waals surface area (Å²) in [6, 6.07) is 18.0. The summed E-state index contributed by atoms with van der Waals surface area (Å²) < 4.78 is 0. The zero-order valence-corrected chi connectivity index (χ0v) is 10.0. The number of benzene rings is 4. The van der Waals surface area contributed by atoms with Gasteiger partial charge < -0.3 is 0 Å². The minimum Gasteiger partial charge on any atom is -0.0610 e. The third-order valence-corrected chi connectivity index (χ3v) is 4.53. The fraction of sp³-hybridized carbons (Fsp3) is 0.111. The van der Waals surface area contributed by atoms with Crippen LogP contribution in [0, 0.1) is 0 Å². The predicted octanol–water partition coefficient (Wildman–Crippen LogP) is 4.68. The third-order valence-electron chi connectivity index (χ3n) is 4.53. The van der Waals surface area contributed by atoms with Crippen molar-refractivity contribution < 1.29 is 0 Å². The first-order valence-electron chi connectivity index (χ1n) is 6.61. The first kappa shape index (κ1) is 8.93. The van der Waals surface area contributed by atoms with E-state index in [1.165, 1.54) is 45.2 Å². The number of aryl methyl sites for hydroxylation is 2. The van der Waals surface area contributed by atoms with Gasteiger partial charge in [-0.15, -0.1) is 0 Å². The van der Waals surface area contributed by atoms with Gasteiger partial charge in [0, 0.05) is 0 Å². The smallest absolute Gasteiger partial charge is 0.00238 e. The Morgan fingerprint density at radius 2 is 1.06 bits per heavy atom. The molecule has 1 aliphatic carbocycles. The highest BCUT2D eigenvalue weighted by molar-refractivity contribution is 6.25. The third kappa shape index (κ3) is 0.862. The molecule has 84 valence electrons. The molecule has 0 unspecified atom stereocenters. The van der Waals surface area contributed by atoms with Crippen molar-refractivity contribution >= 4 is 32.3 Å². The van der Waals surface area contributed by atoms with E-state index in [1.807, 2.05) is 0 Å². The molecule has 0 N–H and O–H groups in total. The monoisotopic (exact) mass is 228 g/mol. The normalized spacial score (nSPS) is 14.2. The van der Waals surface area contributed by atoms with Crippen LogP contribution < -0.4 is 0 Å². The Morgan fingerprint density at radius 3 is 1.50 bits per heavy atom. The van der Waals surface area contributed by atoms with Gasteiger partial charge in [0.1, 0.15) is 0 Å². The molecule has 0 heterocycles. The van der Waals surface area contributed by atoms with E-state index in [0.717, 1.165) is 0 Å². The highest BCUT2D eigenvalue weighted by atomic mass is 14.3. The topological polar surface area (TPSA) is 0 Å². The highest BCUT2D eigenvalue weighted by Gasteiger charge is 2.22. The molecular formula is C18H12. The Kier molecular flexibility index (Phi) is 1.41. The average Bonchev–Trinajstić information content (AvgIpc) is 2.37. The maximum absolute atomic E-state index is 2.30. The van der Waals surface area contributed by atoms with Crippen LogP contribution in [0.3, 0.4) is 0 Å². The van der Waals surface area contributed by atoms with Crippen molar-refractivity contribution in [2.75, 3.05) is 0 Å². The SMILES string of the molecule is c1cc2ccc3cccc4c5c(c(c1)c2c34)CC5. The van der Waals surface area contributed by atoms with Crippen LogP contribution in [-0.4, -0.2) is 0 Å². The molecule has 1 aliphatic rings. The lowest BCUT2D eigenvalue weighted by molar-refractivity contribution is 0.864. The second-order valence-electron chi connectivity index (χ2n) is 5.33. The summed E-state index contributed by atoms with van der Waals surface area (Å²) in [7, 11) is 0. The maximum atomic E-state index is 2.30. The Morgan fingerprint density at radius 1 is 0.556 bits per heavy atom. The standard InChI is InChI=1S/C18H12/c1-3-11-7-8-12-4-2-6-16-14-10-9-13(14)15(5-1)17(11)18(12)16/h1-8H,9-10H2. The Balaban J connectivity index is 2.28. The lowest BCUT2D eigenvalue weighted by Crippen LogP contribution is -2.10. The number of hydrogen-bond acceptors (Lipinski definition) is 0. The Hall–Kier alpha value is -2.08. The molecule has 0 spiro atoms. The van der Waals surface area contributed by atoms with Crippen LogP contribution in [0.25, 0.3) is 32.3 Å². The van der Waals surface area contributed by atoms with Gasteiger partial charge in [-0.3, -0.25) is 0 Å². The maximum Gasteiger partial charge on any atom is -0.00238 e. The molecule has 4 aromatic rings. The summed E-state index contributed by atoms with van der Waals surface area (Å²) >= 11 is 0. The van der Waals surface area contributed by atoms with Crippen LogP contribution in [0.5, 0.6) is 0 Å². The molecule has 18 heavy (non-hydrogen) atoms. The van der Waals surface area contributed by atoms with E-state index in [9.17, 15) is 0 Å². The molecule has 0 saturated heterocycles. The van der Waals surface area contributed by atoms with Gasteiger partial charge >= 0.3 is 0 Å². The fourth-order valence-corrected chi connectivity index (χ4v) is 3.63. The molecule has 0 amide bonds. The molecule has 5 rings (SSSR count). The minimum absolute atomic E-state index is 1.25. The second kappa shape index (κ2) is 2.84. The summed E-state index contributed by atoms with van der Waals surface area (Å²) in [5, 5.41) is 8.68. The number of fused-ring (bicyclic) bond motifs is 3. The molecular weight excluding hydrogens is 216 g/mol. The van der Waals surface area contributed by atoms with Crippen LogP contribution in [0.2, 0.25) is 0 Å². The zero-order chi connectivity index (χ0) is 11.7. The molecule has 0 nitrogen and oxygen atoms in total. The van der Waals surface area contributed by atoms with Crippen molar-refractivity contribution in [1.82, 2.24) is 0 Å². The number of rotatable bonds is 0. The first-order chi connectivity index (χ1) is 8.93. The van der Waals surface area contributed by atoms with Gasteiger partial charge in [-0.1, -0.05) is 48.5 Å². The van der Waals surface area contributed by atoms with Crippen molar-refractivity contribution in [2.45, 2.75) is 12.8 Å². The second-order valence-corrected chi connectivity index (χ2v) is 5.33. The van der Waals surface area contributed by atoms with E-state index >= 15 is 0 Å². The van der Waals surface area contributed by atoms with Crippen molar-refractivity contribution in [3.63, 3.8) is 0 Å². The number of hydrogen-bond donors (Lipinski definition) is 0. The van der Waals surface area contributed by atoms with E-state index < -0.39 is 0 Å². The van der Waals surface area contributed by atoms with E-state index in [-0.39, 0.29) is 0 Å². The lowest BCUT2D eigenvalue weighted by atomic mass is 9.78. The van der Waals surface area contributed by atoms with Gasteiger partial charge in [-0.2, -0.15) is 0 Å². The van der Waals surface area contributed by atoms with Crippen molar-refractivity contribution in [1.29, 1.82) is 0 Å². The van der Waals surface area contributed by atoms with Crippen LogP contribution in [0.1, 0.15) is 11.1 Å². The highest BCUT2D eigenvalue weighted by Crippen LogP contribution is 2.43. The van der Waals surface area contributed by atoms with E-state index in [2.05, 4.69) is 48.5 Å². The van der Waals surface area contributed by atoms with Crippen LogP contribution in [0.4, 0.5) is 0 Å². The zero-order valence-electron chi connectivity index (χ0n) is 10.0. The van der Waals surface area contributed by atoms with Crippen LogP contribution >= 0.6 is 0 Å². The summed E-state index contributed by atoms with van der Waals surface area (Å²) in [5.41, 5.74) is 3.18. The average molecular weight is 228 g/mol. The lowest BCUT2D eigenvalue weighted by Gasteiger charge is -2.25. The summed E-state index contributed by atoms with van der Waals surface area (Å²) in [4.78, 5) is 0. The van der Waals surface area contributed by atoms with E-state index in [0.29, 0.717) is 0 Å². The fourth-order valence-electron chi connectivity index (χ4n) is 3.63. The summed E-state index contributed by atoms with van der Waals surface area (Å²) in [6.45, 7) is 0. The van der Waals surface area contributed by atoms with Crippen molar-refractivity contribution in [3.8, 4) is 0 Å². The molecule has 0 bridgehead atoms. The molecule has 4 aromatic carbocycles. The Bertz CT molecular complexity index is 838. The molecule has 0 aliphatic heterocycles. The van der Waals surface area contributed by atoms with Gasteiger partial charge in [0.05, 0.1) is 0 Å². The largest absolute Gasteiger partial charge is 0.0610 e. The van der Waals surface area contributed by atoms with E-state index in [4.69, 9.17) is 0 Å². The van der Waals surface area contributed by atoms with Gasteiger partial charge in [-0.25, -0.2) is 0 Å². The predicted molar refractivity (Wildman–Crippen MR) is 77.6 cm³/mol. The van der Waals surface area contributed by atoms with Gasteiger partial charge in [0.2, 0.25) is 0 Å². The van der Waals surface area contributed by atoms with Crippen LogP contribution in [-0.2, 0) is 12.8 Å². The van der Waals surface area contributed by atoms with Gasteiger partial charge in [0.25, 0.3) is 0 Å². The molecule has 0 saturated carbocycles. The van der Waals surface area contributed by atoms with Crippen LogP contribution in [0.15, 0.2) is 48.5 Å². The molecule has 0 heteroatoms. The van der Waals surface area contributed by atoms with E-state index in [1.54, 1.807) is 11.1 Å². The first-order valence-corrected chi connectivity index (χ1v) is 6.61. The molecule has 0 atom stereocenters. The van der Waals surface area contributed by atoms with Crippen molar-refractivity contribution in [2.24, 2.45) is 0 Å². The van der Waals surface area contributed by atoms with Gasteiger partial charge in [0.15, 0.2) is 0 Å². The minimum atomic E-state index is 1.25. The van der Waals surface area contributed by atoms with Crippen molar-refractivity contribution in [3.05, 3.63) is 59.7 Å². The summed E-state index contributed by atoms with van der Waals surface area (Å²) in [6.07, 6.45) is 2.50. The molecule has 0 aromatic heterocycles. The quantitative estimate of drug-likeness (QED) is 0.383. The summed E-state index contributed by atoms with van der Waals surface area (Å²) in [5.74, 6) is 0. The van der Waals surface area contributed by atoms with Gasteiger partial charge in [-0.05, 0) is 56.3 Å². The molecule has 0 radical (unpaired) electrons. The Labute approximate surface area is 105 Å². The molecule has 0 fully saturated rings.